The zero-order chi connectivity index (χ0) is 32.0. The molecular weight excluding hydrogens is 578 g/mol. The molecule has 0 aliphatic heterocycles. The quantitative estimate of drug-likeness (QED) is 0.224. The van der Waals surface area contributed by atoms with Gasteiger partial charge in [-0.1, -0.05) is 67.1 Å². The third kappa shape index (κ3) is 8.32. The molecule has 1 aliphatic carbocycles. The number of phenols is 1. The Morgan fingerprint density at radius 1 is 1.00 bits per heavy atom. The number of carbonyl (C=O) groups is 3. The Morgan fingerprint density at radius 2 is 1.64 bits per heavy atom. The summed E-state index contributed by atoms with van der Waals surface area (Å²) in [6, 6.07) is 17.3. The zero-order valence-electron chi connectivity index (χ0n) is 26.0. The molecule has 2 atom stereocenters. The summed E-state index contributed by atoms with van der Waals surface area (Å²) in [6.07, 6.45) is 2.61. The number of ether oxygens (including phenoxy) is 1. The van der Waals surface area contributed by atoms with Gasteiger partial charge in [0.25, 0.3) is 5.91 Å². The van der Waals surface area contributed by atoms with E-state index in [0.717, 1.165) is 42.4 Å². The van der Waals surface area contributed by atoms with E-state index in [-0.39, 0.29) is 18.2 Å². The summed E-state index contributed by atoms with van der Waals surface area (Å²) < 4.78 is 5.52. The van der Waals surface area contributed by atoms with Crippen LogP contribution in [0.2, 0.25) is 5.02 Å². The summed E-state index contributed by atoms with van der Waals surface area (Å²) in [5, 5.41) is 16.0. The van der Waals surface area contributed by atoms with Crippen LogP contribution in [0.3, 0.4) is 0 Å². The fourth-order valence-electron chi connectivity index (χ4n) is 5.24. The van der Waals surface area contributed by atoms with Crippen LogP contribution in [-0.4, -0.2) is 45.6 Å². The number of alkyl carbamates (subject to hydrolysis) is 1. The van der Waals surface area contributed by atoms with Crippen molar-refractivity contribution in [3.63, 3.8) is 0 Å². The number of aryl methyl sites for hydroxylation is 2. The summed E-state index contributed by atoms with van der Waals surface area (Å²) in [5.74, 6) is -0.703. The molecule has 9 heteroatoms. The van der Waals surface area contributed by atoms with E-state index >= 15 is 0 Å². The predicted molar refractivity (Wildman–Crippen MR) is 173 cm³/mol. The van der Waals surface area contributed by atoms with Crippen molar-refractivity contribution in [2.45, 2.75) is 90.4 Å². The lowest BCUT2D eigenvalue weighted by molar-refractivity contribution is -0.145. The van der Waals surface area contributed by atoms with Crippen molar-refractivity contribution >= 4 is 35.2 Å². The van der Waals surface area contributed by atoms with Gasteiger partial charge in [-0.05, 0) is 93.8 Å². The number of nitrogens with one attached hydrogen (secondary N) is 2. The van der Waals surface area contributed by atoms with Gasteiger partial charge in [-0.2, -0.15) is 0 Å². The highest BCUT2D eigenvalue weighted by atomic mass is 35.5. The molecule has 4 rings (SSSR count). The minimum Gasteiger partial charge on any atom is -0.508 e. The average Bonchev–Trinajstić information content (AvgIpc) is 2.93. The molecular formula is C35H42ClN3O5. The molecule has 0 aromatic heterocycles. The van der Waals surface area contributed by atoms with Gasteiger partial charge < -0.3 is 25.4 Å². The number of nitrogens with zero attached hydrogens (tertiary/aromatic N) is 1. The monoisotopic (exact) mass is 619 g/mol. The van der Waals surface area contributed by atoms with E-state index in [9.17, 15) is 19.5 Å². The number of phenolic OH excluding ortho intramolecular Hbond substituents is 1. The number of para-hydroxylation sites is 1. The molecule has 44 heavy (non-hydrogen) atoms. The normalized spacial score (nSPS) is 14.6. The molecule has 0 spiro atoms. The Bertz CT molecular complexity index is 1440. The van der Waals surface area contributed by atoms with Crippen LogP contribution in [0.4, 0.5) is 10.5 Å². The lowest BCUT2D eigenvalue weighted by Gasteiger charge is -2.43. The first kappa shape index (κ1) is 32.9. The number of hydrogen-bond donors (Lipinski definition) is 3. The second-order valence-corrected chi connectivity index (χ2v) is 12.7. The minimum absolute atomic E-state index is 0.0925. The number of rotatable bonds is 10. The molecule has 0 heterocycles. The number of carbonyl (C=O) groups excluding carboxylic acids is 3. The van der Waals surface area contributed by atoms with Crippen LogP contribution in [0.1, 0.15) is 75.3 Å². The van der Waals surface area contributed by atoms with Crippen LogP contribution in [-0.2, 0) is 27.2 Å². The molecule has 3 N–H and O–H groups in total. The van der Waals surface area contributed by atoms with E-state index in [2.05, 4.69) is 17.6 Å². The summed E-state index contributed by atoms with van der Waals surface area (Å²) in [6.45, 7) is 9.17. The first-order valence-electron chi connectivity index (χ1n) is 15.1. The molecule has 3 aromatic rings. The van der Waals surface area contributed by atoms with Gasteiger partial charge in [0.1, 0.15) is 23.4 Å². The summed E-state index contributed by atoms with van der Waals surface area (Å²) in [4.78, 5) is 43.6. The van der Waals surface area contributed by atoms with Gasteiger partial charge in [0.15, 0.2) is 0 Å². The van der Waals surface area contributed by atoms with Gasteiger partial charge in [-0.15, -0.1) is 0 Å². The maximum absolute atomic E-state index is 14.7. The molecule has 8 nitrogen and oxygen atoms in total. The van der Waals surface area contributed by atoms with E-state index in [0.29, 0.717) is 16.3 Å². The highest BCUT2D eigenvalue weighted by Crippen LogP contribution is 2.36. The fraction of sp³-hybridized carbons (Fsp3) is 0.400. The topological polar surface area (TPSA) is 108 Å². The summed E-state index contributed by atoms with van der Waals surface area (Å²) in [7, 11) is 0. The molecule has 2 unspecified atom stereocenters. The van der Waals surface area contributed by atoms with Gasteiger partial charge in [-0.25, -0.2) is 4.79 Å². The van der Waals surface area contributed by atoms with Crippen LogP contribution in [0.25, 0.3) is 0 Å². The van der Waals surface area contributed by atoms with Crippen LogP contribution in [0, 0.1) is 6.92 Å². The number of halogens is 1. The Kier molecular flexibility index (Phi) is 10.6. The van der Waals surface area contributed by atoms with Gasteiger partial charge >= 0.3 is 6.09 Å². The predicted octanol–water partition coefficient (Wildman–Crippen LogP) is 7.11. The van der Waals surface area contributed by atoms with Crippen molar-refractivity contribution < 1.29 is 24.2 Å². The van der Waals surface area contributed by atoms with Gasteiger partial charge in [0, 0.05) is 12.5 Å². The van der Waals surface area contributed by atoms with E-state index in [1.165, 1.54) is 12.1 Å². The van der Waals surface area contributed by atoms with Crippen molar-refractivity contribution in [2.75, 3.05) is 5.32 Å². The van der Waals surface area contributed by atoms with Gasteiger partial charge in [-0.3, -0.25) is 9.59 Å². The first-order chi connectivity index (χ1) is 20.9. The van der Waals surface area contributed by atoms with Crippen LogP contribution >= 0.6 is 11.6 Å². The zero-order valence-corrected chi connectivity index (χ0v) is 26.8. The summed E-state index contributed by atoms with van der Waals surface area (Å²) in [5.41, 5.74) is 3.00. The fourth-order valence-corrected chi connectivity index (χ4v) is 5.51. The number of amides is 3. The lowest BCUT2D eigenvalue weighted by Crippen LogP contribution is -2.57. The Labute approximate surface area is 264 Å². The van der Waals surface area contributed by atoms with Crippen molar-refractivity contribution in [1.29, 1.82) is 0 Å². The van der Waals surface area contributed by atoms with Crippen molar-refractivity contribution in [3.05, 3.63) is 94.0 Å². The summed E-state index contributed by atoms with van der Waals surface area (Å²) >= 11 is 6.49. The Morgan fingerprint density at radius 3 is 2.18 bits per heavy atom. The Balaban J connectivity index is 1.77. The number of hydrogen-bond acceptors (Lipinski definition) is 5. The second-order valence-electron chi connectivity index (χ2n) is 12.3. The highest BCUT2D eigenvalue weighted by Gasteiger charge is 2.42. The van der Waals surface area contributed by atoms with Crippen LogP contribution < -0.4 is 10.6 Å². The van der Waals surface area contributed by atoms with Crippen molar-refractivity contribution in [2.24, 2.45) is 0 Å². The third-order valence-electron chi connectivity index (χ3n) is 7.79. The maximum atomic E-state index is 14.7. The molecule has 1 saturated carbocycles. The number of aromatic hydroxyl groups is 1. The third-order valence-corrected chi connectivity index (χ3v) is 8.10. The van der Waals surface area contributed by atoms with Crippen molar-refractivity contribution in [3.8, 4) is 5.75 Å². The standard InChI is InChI=1S/C35H42ClN3O5/c1-6-23-13-17-25(18-14-23)31(32(41)38-30-22(2)9-7-12-28(30)36)39(26-10-8-11-26)33(42)29(37-34(43)44-35(3,4)5)21-24-15-19-27(40)20-16-24/h7,9,12-20,26,29,31,40H,6,8,10-11,21H2,1-5H3,(H,37,43)(H,38,41). The van der Waals surface area contributed by atoms with E-state index in [1.54, 1.807) is 43.9 Å². The van der Waals surface area contributed by atoms with Gasteiger partial charge in [0.05, 0.1) is 10.7 Å². The number of anilines is 1. The van der Waals surface area contributed by atoms with E-state index in [1.807, 2.05) is 43.3 Å². The smallest absolute Gasteiger partial charge is 0.408 e. The van der Waals surface area contributed by atoms with Crippen LogP contribution in [0.15, 0.2) is 66.7 Å². The minimum atomic E-state index is -1.04. The lowest BCUT2D eigenvalue weighted by atomic mass is 9.87. The molecule has 3 amide bonds. The molecule has 0 saturated heterocycles. The Hall–Kier alpha value is -4.04. The van der Waals surface area contributed by atoms with Gasteiger partial charge in [0.2, 0.25) is 5.91 Å². The molecule has 234 valence electrons. The highest BCUT2D eigenvalue weighted by molar-refractivity contribution is 6.34. The molecule has 1 aliphatic rings. The molecule has 0 radical (unpaired) electrons. The average molecular weight is 620 g/mol. The SMILES string of the molecule is CCc1ccc(C(C(=O)Nc2c(C)cccc2Cl)N(C(=O)C(Cc2ccc(O)cc2)NC(=O)OC(C)(C)C)C2CCC2)cc1. The maximum Gasteiger partial charge on any atom is 0.408 e. The molecule has 1 fully saturated rings. The second kappa shape index (κ2) is 14.2. The first-order valence-corrected chi connectivity index (χ1v) is 15.5. The van der Waals surface area contributed by atoms with Crippen molar-refractivity contribution in [1.82, 2.24) is 10.2 Å². The number of benzene rings is 3. The van der Waals surface area contributed by atoms with E-state index in [4.69, 9.17) is 16.3 Å². The largest absolute Gasteiger partial charge is 0.508 e. The molecule has 0 bridgehead atoms. The van der Waals surface area contributed by atoms with Crippen LogP contribution in [0.5, 0.6) is 5.75 Å². The van der Waals surface area contributed by atoms with E-state index < -0.39 is 35.6 Å². The molecule has 3 aromatic carbocycles.